The zero-order valence-electron chi connectivity index (χ0n) is 11.2. The highest BCUT2D eigenvalue weighted by atomic mass is 35.5. The molecule has 0 radical (unpaired) electrons. The molecule has 1 fully saturated rings. The van der Waals surface area contributed by atoms with Crippen LogP contribution in [0, 0.1) is 0 Å². The zero-order valence-corrected chi connectivity index (χ0v) is 13.6. The molecule has 2 rings (SSSR count). The van der Waals surface area contributed by atoms with Crippen LogP contribution in [-0.4, -0.2) is 31.1 Å². The molecule has 0 aliphatic heterocycles. The normalized spacial score (nSPS) is 23.1. The van der Waals surface area contributed by atoms with Gasteiger partial charge in [0.15, 0.2) is 0 Å². The Morgan fingerprint density at radius 1 is 1.45 bits per heavy atom. The maximum Gasteiger partial charge on any atom is 0.240 e. The van der Waals surface area contributed by atoms with Gasteiger partial charge in [-0.15, -0.1) is 0 Å². The first-order valence-electron chi connectivity index (χ1n) is 6.40. The molecule has 0 amide bonds. The van der Waals surface area contributed by atoms with Gasteiger partial charge in [-0.05, 0) is 43.2 Å². The minimum atomic E-state index is -3.55. The van der Waals surface area contributed by atoms with Crippen molar-refractivity contribution >= 4 is 33.4 Å². The summed E-state index contributed by atoms with van der Waals surface area (Å²) in [5.74, 6) is 0. The molecule has 2 N–H and O–H groups in total. The lowest BCUT2D eigenvalue weighted by molar-refractivity contribution is 0.282. The van der Waals surface area contributed by atoms with Gasteiger partial charge in [-0.25, -0.2) is 13.1 Å². The standard InChI is InChI=1S/C13H18ClNO3S2/c1-19-11-4-3-10(6-11)15-20(17,18)12-5-2-9(8-16)13(14)7-12/h2,5,7,10-11,15-16H,3-4,6,8H2,1H3. The second-order valence-electron chi connectivity index (χ2n) is 4.90. The summed E-state index contributed by atoms with van der Waals surface area (Å²) in [5.41, 5.74) is 0.522. The summed E-state index contributed by atoms with van der Waals surface area (Å²) in [6.45, 7) is -0.204. The fourth-order valence-corrected chi connectivity index (χ4v) is 4.78. The minimum Gasteiger partial charge on any atom is -0.392 e. The van der Waals surface area contributed by atoms with Crippen LogP contribution in [0.4, 0.5) is 0 Å². The van der Waals surface area contributed by atoms with E-state index in [0.717, 1.165) is 19.3 Å². The molecule has 0 aromatic heterocycles. The first-order valence-corrected chi connectivity index (χ1v) is 9.55. The Morgan fingerprint density at radius 3 is 2.75 bits per heavy atom. The summed E-state index contributed by atoms with van der Waals surface area (Å²) in [7, 11) is -3.55. The lowest BCUT2D eigenvalue weighted by Gasteiger charge is -2.14. The number of halogens is 1. The Balaban J connectivity index is 2.12. The first-order chi connectivity index (χ1) is 9.46. The molecule has 0 bridgehead atoms. The number of sulfonamides is 1. The van der Waals surface area contributed by atoms with Crippen molar-refractivity contribution in [3.63, 3.8) is 0 Å². The molecule has 0 heterocycles. The Kier molecular flexibility index (Phi) is 5.36. The van der Waals surface area contributed by atoms with Crippen molar-refractivity contribution in [2.45, 2.75) is 42.1 Å². The van der Waals surface area contributed by atoms with E-state index in [2.05, 4.69) is 11.0 Å². The Labute approximate surface area is 129 Å². The Bertz CT molecular complexity index is 577. The number of thioether (sulfide) groups is 1. The second kappa shape index (κ2) is 6.66. The van der Waals surface area contributed by atoms with E-state index in [9.17, 15) is 8.42 Å². The van der Waals surface area contributed by atoms with Gasteiger partial charge in [0.2, 0.25) is 10.0 Å². The van der Waals surface area contributed by atoms with Crippen LogP contribution in [0.15, 0.2) is 23.1 Å². The summed E-state index contributed by atoms with van der Waals surface area (Å²) >= 11 is 7.72. The molecule has 1 aromatic carbocycles. The summed E-state index contributed by atoms with van der Waals surface area (Å²) in [5, 5.41) is 9.84. The van der Waals surface area contributed by atoms with Gasteiger partial charge in [-0.1, -0.05) is 17.7 Å². The number of aliphatic hydroxyl groups is 1. The van der Waals surface area contributed by atoms with Crippen LogP contribution in [0.2, 0.25) is 5.02 Å². The molecular weight excluding hydrogens is 318 g/mol. The number of hydrogen-bond acceptors (Lipinski definition) is 4. The molecule has 7 heteroatoms. The third kappa shape index (κ3) is 3.68. The van der Waals surface area contributed by atoms with E-state index in [1.807, 2.05) is 0 Å². The highest BCUT2D eigenvalue weighted by Crippen LogP contribution is 2.29. The lowest BCUT2D eigenvalue weighted by atomic mass is 10.2. The maximum absolute atomic E-state index is 12.3. The van der Waals surface area contributed by atoms with Crippen LogP contribution in [0.25, 0.3) is 0 Å². The molecule has 20 heavy (non-hydrogen) atoms. The molecule has 1 saturated carbocycles. The highest BCUT2D eigenvalue weighted by Gasteiger charge is 2.28. The smallest absolute Gasteiger partial charge is 0.240 e. The SMILES string of the molecule is CSC1CCC(NS(=O)(=O)c2ccc(CO)c(Cl)c2)C1. The fraction of sp³-hybridized carbons (Fsp3) is 0.538. The molecule has 2 atom stereocenters. The quantitative estimate of drug-likeness (QED) is 0.867. The van der Waals surface area contributed by atoms with Crippen LogP contribution in [-0.2, 0) is 16.6 Å². The number of nitrogens with one attached hydrogen (secondary N) is 1. The van der Waals surface area contributed by atoms with Crippen LogP contribution in [0.1, 0.15) is 24.8 Å². The van der Waals surface area contributed by atoms with Gasteiger partial charge in [-0.2, -0.15) is 11.8 Å². The predicted octanol–water partition coefficient (Wildman–Crippen LogP) is 2.39. The lowest BCUT2D eigenvalue weighted by Crippen LogP contribution is -2.33. The van der Waals surface area contributed by atoms with E-state index in [1.54, 1.807) is 11.8 Å². The van der Waals surface area contributed by atoms with E-state index >= 15 is 0 Å². The molecule has 0 spiro atoms. The number of rotatable bonds is 5. The van der Waals surface area contributed by atoms with Crippen molar-refractivity contribution in [1.82, 2.24) is 4.72 Å². The predicted molar refractivity (Wildman–Crippen MR) is 82.6 cm³/mol. The monoisotopic (exact) mass is 335 g/mol. The van der Waals surface area contributed by atoms with Gasteiger partial charge >= 0.3 is 0 Å². The Morgan fingerprint density at radius 2 is 2.20 bits per heavy atom. The number of hydrogen-bond donors (Lipinski definition) is 2. The molecule has 2 unspecified atom stereocenters. The van der Waals surface area contributed by atoms with Crippen molar-refractivity contribution in [3.8, 4) is 0 Å². The van der Waals surface area contributed by atoms with E-state index in [0.29, 0.717) is 10.8 Å². The summed E-state index contributed by atoms with van der Waals surface area (Å²) in [4.78, 5) is 0.146. The van der Waals surface area contributed by atoms with E-state index in [-0.39, 0.29) is 22.6 Å². The minimum absolute atomic E-state index is 0.00579. The largest absolute Gasteiger partial charge is 0.392 e. The maximum atomic E-state index is 12.3. The van der Waals surface area contributed by atoms with Crippen molar-refractivity contribution in [3.05, 3.63) is 28.8 Å². The molecule has 0 saturated heterocycles. The zero-order chi connectivity index (χ0) is 14.8. The van der Waals surface area contributed by atoms with Gasteiger partial charge in [0, 0.05) is 16.3 Å². The van der Waals surface area contributed by atoms with E-state index in [4.69, 9.17) is 16.7 Å². The average molecular weight is 336 g/mol. The highest BCUT2D eigenvalue weighted by molar-refractivity contribution is 7.99. The summed E-state index contributed by atoms with van der Waals surface area (Å²) in [6.07, 6.45) is 4.82. The molecule has 1 aliphatic rings. The van der Waals surface area contributed by atoms with Gasteiger partial charge in [-0.3, -0.25) is 0 Å². The number of aliphatic hydroxyl groups excluding tert-OH is 1. The van der Waals surface area contributed by atoms with Crippen molar-refractivity contribution < 1.29 is 13.5 Å². The van der Waals surface area contributed by atoms with Crippen molar-refractivity contribution in [2.24, 2.45) is 0 Å². The third-order valence-electron chi connectivity index (χ3n) is 3.54. The average Bonchev–Trinajstić information content (AvgIpc) is 2.85. The summed E-state index contributed by atoms with van der Waals surface area (Å²) < 4.78 is 27.3. The molecular formula is C13H18ClNO3S2. The van der Waals surface area contributed by atoms with Crippen LogP contribution in [0.3, 0.4) is 0 Å². The summed E-state index contributed by atoms with van der Waals surface area (Å²) in [6, 6.07) is 4.39. The van der Waals surface area contributed by atoms with E-state index < -0.39 is 10.0 Å². The van der Waals surface area contributed by atoms with Crippen LogP contribution >= 0.6 is 23.4 Å². The van der Waals surface area contributed by atoms with Gasteiger partial charge in [0.25, 0.3) is 0 Å². The first kappa shape index (κ1) is 16.1. The third-order valence-corrected chi connectivity index (χ3v) is 6.51. The van der Waals surface area contributed by atoms with Gasteiger partial charge in [0.05, 0.1) is 11.5 Å². The molecule has 112 valence electrons. The van der Waals surface area contributed by atoms with Gasteiger partial charge in [0.1, 0.15) is 0 Å². The molecule has 1 aliphatic carbocycles. The topological polar surface area (TPSA) is 66.4 Å². The van der Waals surface area contributed by atoms with Crippen LogP contribution in [0.5, 0.6) is 0 Å². The second-order valence-corrected chi connectivity index (χ2v) is 8.16. The molecule has 1 aromatic rings. The fourth-order valence-electron chi connectivity index (χ4n) is 2.37. The number of benzene rings is 1. The van der Waals surface area contributed by atoms with E-state index in [1.165, 1.54) is 18.2 Å². The van der Waals surface area contributed by atoms with Crippen molar-refractivity contribution in [1.29, 1.82) is 0 Å². The van der Waals surface area contributed by atoms with Crippen molar-refractivity contribution in [2.75, 3.05) is 6.26 Å². The Hall–Kier alpha value is -0.270. The molecule has 4 nitrogen and oxygen atoms in total. The van der Waals surface area contributed by atoms with Gasteiger partial charge < -0.3 is 5.11 Å². The van der Waals surface area contributed by atoms with Crippen LogP contribution < -0.4 is 4.72 Å².